The number of hydrogen-bond acceptors (Lipinski definition) is 6. The Hall–Kier alpha value is -1.54. The summed E-state index contributed by atoms with van der Waals surface area (Å²) in [6.45, 7) is 4.86. The van der Waals surface area contributed by atoms with Crippen molar-refractivity contribution in [1.82, 2.24) is 15.0 Å². The van der Waals surface area contributed by atoms with E-state index in [1.54, 1.807) is 0 Å². The highest BCUT2D eigenvalue weighted by atomic mass is 79.9. The molecule has 6 heterocycles. The lowest BCUT2D eigenvalue weighted by Gasteiger charge is -2.50. The maximum atomic E-state index is 6.33. The summed E-state index contributed by atoms with van der Waals surface area (Å²) >= 11 is 3.50. The molecule has 1 aromatic heterocycles. The molecule has 1 aromatic rings. The third kappa shape index (κ3) is 2.19. The topological polar surface area (TPSA) is 57.4 Å². The normalized spacial score (nSPS) is 34.5. The predicted octanol–water partition coefficient (Wildman–Crippen LogP) is 1.26. The zero-order chi connectivity index (χ0) is 15.4. The highest BCUT2D eigenvalue weighted by Crippen LogP contribution is 2.40. The van der Waals surface area contributed by atoms with Crippen molar-refractivity contribution >= 4 is 34.0 Å². The molecule has 23 heavy (non-hydrogen) atoms. The van der Waals surface area contributed by atoms with E-state index in [-0.39, 0.29) is 5.60 Å². The Bertz CT molecular complexity index is 692. The molecule has 1 spiro atoms. The molecule has 122 valence electrons. The van der Waals surface area contributed by atoms with Crippen molar-refractivity contribution in [1.29, 1.82) is 0 Å². The van der Waals surface area contributed by atoms with Crippen LogP contribution in [0.2, 0.25) is 0 Å². The fourth-order valence-electron chi connectivity index (χ4n) is 4.15. The van der Waals surface area contributed by atoms with E-state index >= 15 is 0 Å². The molecular weight excluding hydrogens is 360 g/mol. The molecule has 0 amide bonds. The van der Waals surface area contributed by atoms with E-state index < -0.39 is 0 Å². The average molecular weight is 379 g/mol. The van der Waals surface area contributed by atoms with Gasteiger partial charge >= 0.3 is 6.02 Å². The smallest absolute Gasteiger partial charge is 0.306 e. The first-order valence-corrected chi connectivity index (χ1v) is 8.92. The molecule has 6 rings (SSSR count). The number of ether oxygens (including phenoxy) is 1. The molecule has 5 aliphatic heterocycles. The van der Waals surface area contributed by atoms with Crippen LogP contribution in [0.5, 0.6) is 0 Å². The molecular formula is C15H19BrN6O. The Morgan fingerprint density at radius 2 is 2.22 bits per heavy atom. The second-order valence-electron chi connectivity index (χ2n) is 6.71. The van der Waals surface area contributed by atoms with Crippen molar-refractivity contribution < 1.29 is 4.74 Å². The summed E-state index contributed by atoms with van der Waals surface area (Å²) in [7, 11) is 0. The van der Waals surface area contributed by atoms with Crippen LogP contribution in [0.3, 0.4) is 0 Å². The highest BCUT2D eigenvalue weighted by molar-refractivity contribution is 9.10. The van der Waals surface area contributed by atoms with Gasteiger partial charge in [0.2, 0.25) is 0 Å². The quantitative estimate of drug-likeness (QED) is 0.799. The van der Waals surface area contributed by atoms with Crippen molar-refractivity contribution in [2.24, 2.45) is 15.9 Å². The van der Waals surface area contributed by atoms with E-state index in [1.165, 1.54) is 25.9 Å². The minimum absolute atomic E-state index is 0.108. The Kier molecular flexibility index (Phi) is 3.00. The number of rotatable bonds is 1. The summed E-state index contributed by atoms with van der Waals surface area (Å²) in [5, 5.41) is 1.96. The molecule has 1 atom stereocenters. The molecule has 3 fully saturated rings. The summed E-state index contributed by atoms with van der Waals surface area (Å²) < 4.78 is 9.31. The van der Waals surface area contributed by atoms with Crippen LogP contribution in [0.1, 0.15) is 12.8 Å². The van der Waals surface area contributed by atoms with Crippen molar-refractivity contribution in [3.63, 3.8) is 0 Å². The highest BCUT2D eigenvalue weighted by Gasteiger charge is 2.51. The number of hydrogen-bond donors (Lipinski definition) is 1. The zero-order valence-electron chi connectivity index (χ0n) is 12.8. The number of amidine groups is 1. The van der Waals surface area contributed by atoms with E-state index in [0.29, 0.717) is 18.5 Å². The third-order valence-electron chi connectivity index (χ3n) is 5.32. The summed E-state index contributed by atoms with van der Waals surface area (Å²) in [5.74, 6) is 1.52. The standard InChI is InChI=1S/C15H19BrN6O/c16-12-7-13-17-3-6-22(21(13)8-12)19-14-18-9-15(23-14)10-20-4-1-11(15)2-5-20/h3,7-8,11H,1-2,4-6,9-10H2,(H,18,19)/t15-/m0/s1. The fraction of sp³-hybridized carbons (Fsp3) is 0.600. The van der Waals surface area contributed by atoms with Gasteiger partial charge in [-0.2, -0.15) is 0 Å². The predicted molar refractivity (Wildman–Crippen MR) is 91.8 cm³/mol. The first kappa shape index (κ1) is 13.9. The number of aliphatic imine (C=N–C) groups is 2. The molecule has 0 radical (unpaired) electrons. The minimum atomic E-state index is -0.108. The SMILES string of the molecule is Brc1cc2n(c1)N(NC1=NC[C@@]3(CN4CCC3CC4)O1)CC=N2. The molecule has 2 bridgehead atoms. The molecule has 3 saturated heterocycles. The number of piperidine rings is 3. The molecule has 7 nitrogen and oxygen atoms in total. The van der Waals surface area contributed by atoms with Crippen LogP contribution >= 0.6 is 15.9 Å². The number of aromatic nitrogens is 1. The van der Waals surface area contributed by atoms with Gasteiger partial charge in [0.1, 0.15) is 5.60 Å². The molecule has 0 aromatic carbocycles. The lowest BCUT2D eigenvalue weighted by molar-refractivity contribution is -0.0848. The van der Waals surface area contributed by atoms with Crippen LogP contribution in [0.4, 0.5) is 5.82 Å². The van der Waals surface area contributed by atoms with Crippen LogP contribution in [-0.2, 0) is 4.74 Å². The Labute approximate surface area is 143 Å². The molecule has 8 heteroatoms. The maximum absolute atomic E-state index is 6.33. The van der Waals surface area contributed by atoms with Gasteiger partial charge in [0.15, 0.2) is 5.82 Å². The van der Waals surface area contributed by atoms with Gasteiger partial charge in [0, 0.05) is 29.3 Å². The maximum Gasteiger partial charge on any atom is 0.306 e. The van der Waals surface area contributed by atoms with E-state index in [4.69, 9.17) is 4.74 Å². The van der Waals surface area contributed by atoms with Gasteiger partial charge in [-0.1, -0.05) is 0 Å². The van der Waals surface area contributed by atoms with Gasteiger partial charge in [-0.15, -0.1) is 0 Å². The zero-order valence-corrected chi connectivity index (χ0v) is 14.4. The van der Waals surface area contributed by atoms with Crippen LogP contribution in [0, 0.1) is 5.92 Å². The lowest BCUT2D eigenvalue weighted by atomic mass is 9.75. The first-order chi connectivity index (χ1) is 11.2. The Morgan fingerprint density at radius 3 is 3.00 bits per heavy atom. The Morgan fingerprint density at radius 1 is 1.35 bits per heavy atom. The third-order valence-corrected chi connectivity index (χ3v) is 5.76. The van der Waals surface area contributed by atoms with Crippen molar-refractivity contribution in [3.05, 3.63) is 16.7 Å². The average Bonchev–Trinajstić information content (AvgIpc) is 3.12. The number of fused-ring (bicyclic) bond motifs is 3. The van der Waals surface area contributed by atoms with Gasteiger partial charge in [0.05, 0.1) is 13.1 Å². The van der Waals surface area contributed by atoms with E-state index in [0.717, 1.165) is 23.4 Å². The van der Waals surface area contributed by atoms with Crippen LogP contribution in [0.15, 0.2) is 26.7 Å². The van der Waals surface area contributed by atoms with Gasteiger partial charge in [-0.25, -0.2) is 25.2 Å². The van der Waals surface area contributed by atoms with Crippen molar-refractivity contribution in [2.75, 3.05) is 37.8 Å². The van der Waals surface area contributed by atoms with Crippen LogP contribution in [0.25, 0.3) is 0 Å². The number of hydrazine groups is 1. The summed E-state index contributed by atoms with van der Waals surface area (Å²) in [5.41, 5.74) is 3.20. The van der Waals surface area contributed by atoms with Gasteiger partial charge < -0.3 is 4.74 Å². The van der Waals surface area contributed by atoms with Crippen LogP contribution < -0.4 is 10.5 Å². The van der Waals surface area contributed by atoms with E-state index in [2.05, 4.69) is 36.2 Å². The summed E-state index contributed by atoms with van der Waals surface area (Å²) in [6, 6.07) is 2.61. The van der Waals surface area contributed by atoms with Gasteiger partial charge in [-0.3, -0.25) is 4.90 Å². The van der Waals surface area contributed by atoms with E-state index in [1.807, 2.05) is 28.3 Å². The van der Waals surface area contributed by atoms with Crippen molar-refractivity contribution in [2.45, 2.75) is 18.4 Å². The number of nitrogens with one attached hydrogen (secondary N) is 1. The van der Waals surface area contributed by atoms with Gasteiger partial charge in [-0.05, 0) is 47.9 Å². The number of halogens is 1. The largest absolute Gasteiger partial charge is 0.454 e. The second-order valence-corrected chi connectivity index (χ2v) is 7.62. The second kappa shape index (κ2) is 4.98. The molecule has 1 N–H and O–H groups in total. The fourth-order valence-corrected chi connectivity index (χ4v) is 4.55. The first-order valence-electron chi connectivity index (χ1n) is 8.13. The monoisotopic (exact) mass is 378 g/mol. The summed E-state index contributed by atoms with van der Waals surface area (Å²) in [6.07, 6.45) is 6.33. The Balaban J connectivity index is 1.32. The molecule has 0 saturated carbocycles. The van der Waals surface area contributed by atoms with Crippen LogP contribution in [-0.4, -0.2) is 60.1 Å². The van der Waals surface area contributed by atoms with Gasteiger partial charge in [0.25, 0.3) is 0 Å². The minimum Gasteiger partial charge on any atom is -0.454 e. The molecule has 0 aliphatic carbocycles. The molecule has 5 aliphatic rings. The summed E-state index contributed by atoms with van der Waals surface area (Å²) in [4.78, 5) is 11.5. The van der Waals surface area contributed by atoms with E-state index in [9.17, 15) is 0 Å². The molecule has 0 unspecified atom stereocenters. The van der Waals surface area contributed by atoms with Crippen molar-refractivity contribution in [3.8, 4) is 0 Å². The lowest BCUT2D eigenvalue weighted by Crippen LogP contribution is -2.62. The number of nitrogens with zero attached hydrogens (tertiary/aromatic N) is 5.